The molecular formula is C10H11O. The van der Waals surface area contributed by atoms with E-state index in [9.17, 15) is 4.79 Å². The molecule has 0 N–H and O–H groups in total. The summed E-state index contributed by atoms with van der Waals surface area (Å²) in [7, 11) is 0. The van der Waals surface area contributed by atoms with Crippen LogP contribution in [0.25, 0.3) is 0 Å². The monoisotopic (exact) mass is 147 g/mol. The summed E-state index contributed by atoms with van der Waals surface area (Å²) in [6.45, 7) is 5.47. The van der Waals surface area contributed by atoms with Gasteiger partial charge in [0.1, 0.15) is 0 Å². The van der Waals surface area contributed by atoms with Crippen LogP contribution in [0.3, 0.4) is 0 Å². The van der Waals surface area contributed by atoms with E-state index in [4.69, 9.17) is 0 Å². The summed E-state index contributed by atoms with van der Waals surface area (Å²) < 4.78 is 0. The van der Waals surface area contributed by atoms with Crippen molar-refractivity contribution in [2.24, 2.45) is 5.92 Å². The molecule has 1 aromatic carbocycles. The first-order valence-corrected chi connectivity index (χ1v) is 3.64. The highest BCUT2D eigenvalue weighted by molar-refractivity contribution is 5.97. The SMILES string of the molecule is [CH2]C(C)C(=O)c1ccccc1. The fourth-order valence-corrected chi connectivity index (χ4v) is 0.887. The number of Topliss-reactive ketones (excluding diaryl/α,β-unsaturated/α-hetero) is 1. The van der Waals surface area contributed by atoms with Gasteiger partial charge >= 0.3 is 0 Å². The van der Waals surface area contributed by atoms with Gasteiger partial charge in [-0.2, -0.15) is 0 Å². The Kier molecular flexibility index (Phi) is 2.42. The summed E-state index contributed by atoms with van der Waals surface area (Å²) in [5, 5.41) is 0. The van der Waals surface area contributed by atoms with Gasteiger partial charge in [-0.3, -0.25) is 4.79 Å². The van der Waals surface area contributed by atoms with E-state index in [1.165, 1.54) is 0 Å². The Morgan fingerprint density at radius 2 is 1.91 bits per heavy atom. The van der Waals surface area contributed by atoms with Crippen LogP contribution in [0, 0.1) is 12.8 Å². The molecule has 1 unspecified atom stereocenters. The molecule has 0 heterocycles. The Morgan fingerprint density at radius 3 is 2.36 bits per heavy atom. The maximum atomic E-state index is 11.3. The van der Waals surface area contributed by atoms with Crippen LogP contribution in [0.5, 0.6) is 0 Å². The molecule has 0 bridgehead atoms. The number of hydrogen-bond acceptors (Lipinski definition) is 1. The summed E-state index contributed by atoms with van der Waals surface area (Å²) in [5.74, 6) is -0.0528. The van der Waals surface area contributed by atoms with Crippen LogP contribution in [-0.4, -0.2) is 5.78 Å². The minimum Gasteiger partial charge on any atom is -0.294 e. The summed E-state index contributed by atoms with van der Waals surface area (Å²) in [6.07, 6.45) is 0. The van der Waals surface area contributed by atoms with Crippen molar-refractivity contribution < 1.29 is 4.79 Å². The highest BCUT2D eigenvalue weighted by Crippen LogP contribution is 2.06. The summed E-state index contributed by atoms with van der Waals surface area (Å²) in [5.41, 5.74) is 0.745. The standard InChI is InChI=1S/C10H11O/c1-8(2)10(11)9-6-4-3-5-7-9/h3-8H,1H2,2H3. The molecule has 0 aliphatic rings. The average Bonchev–Trinajstić information content (AvgIpc) is 2.05. The summed E-state index contributed by atoms with van der Waals surface area (Å²) >= 11 is 0. The lowest BCUT2D eigenvalue weighted by molar-refractivity contribution is 0.0952. The van der Waals surface area contributed by atoms with Crippen LogP contribution < -0.4 is 0 Å². The van der Waals surface area contributed by atoms with Crippen molar-refractivity contribution in [1.82, 2.24) is 0 Å². The van der Waals surface area contributed by atoms with E-state index in [-0.39, 0.29) is 11.7 Å². The molecule has 0 aromatic heterocycles. The zero-order valence-corrected chi connectivity index (χ0v) is 6.58. The topological polar surface area (TPSA) is 17.1 Å². The van der Waals surface area contributed by atoms with Gasteiger partial charge in [-0.1, -0.05) is 37.3 Å². The van der Waals surface area contributed by atoms with E-state index in [0.717, 1.165) is 5.56 Å². The second-order valence-corrected chi connectivity index (χ2v) is 2.63. The zero-order chi connectivity index (χ0) is 8.27. The third-order valence-electron chi connectivity index (χ3n) is 1.51. The van der Waals surface area contributed by atoms with Crippen LogP contribution in [0.1, 0.15) is 17.3 Å². The molecule has 0 spiro atoms. The van der Waals surface area contributed by atoms with Gasteiger partial charge in [-0.25, -0.2) is 0 Å². The van der Waals surface area contributed by atoms with Gasteiger partial charge in [-0.05, 0) is 6.92 Å². The second kappa shape index (κ2) is 3.33. The van der Waals surface area contributed by atoms with Crippen molar-refractivity contribution in [3.63, 3.8) is 0 Å². The smallest absolute Gasteiger partial charge is 0.165 e. The van der Waals surface area contributed by atoms with Crippen molar-refractivity contribution in [2.45, 2.75) is 6.92 Å². The van der Waals surface area contributed by atoms with Crippen molar-refractivity contribution >= 4 is 5.78 Å². The molecule has 11 heavy (non-hydrogen) atoms. The third-order valence-corrected chi connectivity index (χ3v) is 1.51. The quantitative estimate of drug-likeness (QED) is 0.587. The van der Waals surface area contributed by atoms with Crippen LogP contribution in [0.2, 0.25) is 0 Å². The lowest BCUT2D eigenvalue weighted by atomic mass is 10.0. The largest absolute Gasteiger partial charge is 0.294 e. The zero-order valence-electron chi connectivity index (χ0n) is 6.58. The molecule has 1 aromatic rings. The lowest BCUT2D eigenvalue weighted by Crippen LogP contribution is -2.06. The van der Waals surface area contributed by atoms with Gasteiger partial charge in [0.15, 0.2) is 5.78 Å². The normalized spacial score (nSPS) is 10.1. The summed E-state index contributed by atoms with van der Waals surface area (Å²) in [6, 6.07) is 9.23. The molecule has 0 saturated carbocycles. The molecule has 0 aliphatic carbocycles. The highest BCUT2D eigenvalue weighted by Gasteiger charge is 2.08. The van der Waals surface area contributed by atoms with Crippen LogP contribution in [-0.2, 0) is 0 Å². The maximum absolute atomic E-state index is 11.3. The third kappa shape index (κ3) is 1.90. The van der Waals surface area contributed by atoms with Gasteiger partial charge in [0.25, 0.3) is 0 Å². The van der Waals surface area contributed by atoms with Gasteiger partial charge in [0.2, 0.25) is 0 Å². The molecule has 0 saturated heterocycles. The first kappa shape index (κ1) is 7.99. The molecule has 57 valence electrons. The minimum absolute atomic E-state index is 0.102. The van der Waals surface area contributed by atoms with Crippen LogP contribution in [0.4, 0.5) is 0 Å². The lowest BCUT2D eigenvalue weighted by Gasteiger charge is -2.01. The van der Waals surface area contributed by atoms with Crippen molar-refractivity contribution in [3.8, 4) is 0 Å². The number of hydrogen-bond donors (Lipinski definition) is 0. The molecule has 1 radical (unpaired) electrons. The van der Waals surface area contributed by atoms with E-state index in [2.05, 4.69) is 6.92 Å². The number of carbonyl (C=O) groups excluding carboxylic acids is 1. The Labute approximate surface area is 67.1 Å². The summed E-state index contributed by atoms with van der Waals surface area (Å²) in [4.78, 5) is 11.3. The Hall–Kier alpha value is -1.11. The molecule has 1 heteroatoms. The number of carbonyl (C=O) groups is 1. The predicted octanol–water partition coefficient (Wildman–Crippen LogP) is 2.34. The molecule has 1 rings (SSSR count). The van der Waals surface area contributed by atoms with Gasteiger partial charge in [0, 0.05) is 11.5 Å². The molecule has 0 fully saturated rings. The van der Waals surface area contributed by atoms with Gasteiger partial charge < -0.3 is 0 Å². The number of rotatable bonds is 2. The predicted molar refractivity (Wildman–Crippen MR) is 45.3 cm³/mol. The Balaban J connectivity index is 2.86. The first-order valence-electron chi connectivity index (χ1n) is 3.64. The first-order chi connectivity index (χ1) is 5.22. The molecular weight excluding hydrogens is 136 g/mol. The fraction of sp³-hybridized carbons (Fsp3) is 0.200. The molecule has 0 aliphatic heterocycles. The van der Waals surface area contributed by atoms with Crippen molar-refractivity contribution in [1.29, 1.82) is 0 Å². The van der Waals surface area contributed by atoms with Crippen molar-refractivity contribution in [2.75, 3.05) is 0 Å². The fourth-order valence-electron chi connectivity index (χ4n) is 0.887. The van der Waals surface area contributed by atoms with E-state index >= 15 is 0 Å². The number of benzene rings is 1. The molecule has 1 atom stereocenters. The van der Waals surface area contributed by atoms with E-state index < -0.39 is 0 Å². The van der Waals surface area contributed by atoms with E-state index in [1.807, 2.05) is 30.3 Å². The van der Waals surface area contributed by atoms with Gasteiger partial charge in [-0.15, -0.1) is 0 Å². The highest BCUT2D eigenvalue weighted by atomic mass is 16.1. The average molecular weight is 147 g/mol. The van der Waals surface area contributed by atoms with Crippen LogP contribution >= 0.6 is 0 Å². The maximum Gasteiger partial charge on any atom is 0.165 e. The van der Waals surface area contributed by atoms with Crippen molar-refractivity contribution in [3.05, 3.63) is 42.8 Å². The van der Waals surface area contributed by atoms with E-state index in [0.29, 0.717) is 0 Å². The minimum atomic E-state index is -0.155. The molecule has 1 nitrogen and oxygen atoms in total. The molecule has 0 amide bonds. The number of ketones is 1. The Bertz CT molecular complexity index is 236. The van der Waals surface area contributed by atoms with E-state index in [1.54, 1.807) is 6.92 Å². The van der Waals surface area contributed by atoms with Gasteiger partial charge in [0.05, 0.1) is 0 Å². The Morgan fingerprint density at radius 1 is 1.36 bits per heavy atom. The van der Waals surface area contributed by atoms with Crippen LogP contribution in [0.15, 0.2) is 30.3 Å². The second-order valence-electron chi connectivity index (χ2n) is 2.63.